The van der Waals surface area contributed by atoms with Gasteiger partial charge in [-0.2, -0.15) is 5.26 Å². The topological polar surface area (TPSA) is 69.2 Å². The molecule has 0 aliphatic carbocycles. The van der Waals surface area contributed by atoms with Crippen LogP contribution in [0.3, 0.4) is 0 Å². The fourth-order valence-corrected chi connectivity index (χ4v) is 1.79. The lowest BCUT2D eigenvalue weighted by Crippen LogP contribution is -2.13. The van der Waals surface area contributed by atoms with E-state index in [0.717, 1.165) is 9.82 Å². The summed E-state index contributed by atoms with van der Waals surface area (Å²) in [5.74, 6) is 0.0302. The molecule has 0 unspecified atom stereocenters. The van der Waals surface area contributed by atoms with E-state index in [1.165, 1.54) is 6.07 Å². The van der Waals surface area contributed by atoms with Crippen molar-refractivity contribution in [1.29, 1.82) is 5.26 Å². The molecule has 1 aromatic carbocycles. The van der Waals surface area contributed by atoms with E-state index in [0.29, 0.717) is 17.0 Å². The van der Waals surface area contributed by atoms with E-state index in [2.05, 4.69) is 4.98 Å². The summed E-state index contributed by atoms with van der Waals surface area (Å²) in [4.78, 5) is 9.45. The van der Waals surface area contributed by atoms with Crippen molar-refractivity contribution in [2.45, 2.75) is 13.5 Å². The summed E-state index contributed by atoms with van der Waals surface area (Å²) in [6, 6.07) is 12.2. The summed E-state index contributed by atoms with van der Waals surface area (Å²) >= 11 is 6.02. The van der Waals surface area contributed by atoms with E-state index >= 15 is 0 Å². The Bertz CT molecular complexity index is 706. The van der Waals surface area contributed by atoms with Gasteiger partial charge in [-0.1, -0.05) is 12.1 Å². The summed E-state index contributed by atoms with van der Waals surface area (Å²) in [6.45, 7) is 1.92. The standard InChI is InChI=1S/C15H12ClN3O2/c1-11(15-14(20)3-2-8-18-15)19(16)21-10-13-6-4-12(9-17)5-7-13/h2-8H,10H2,1H3/p+1. The Morgan fingerprint density at radius 2 is 2.10 bits per heavy atom. The number of aromatic nitrogens is 1. The average Bonchev–Trinajstić information content (AvgIpc) is 2.53. The number of nitriles is 1. The molecule has 0 fully saturated rings. The molecule has 0 bridgehead atoms. The van der Waals surface area contributed by atoms with Crippen molar-refractivity contribution in [3.8, 4) is 11.8 Å². The second kappa shape index (κ2) is 6.73. The van der Waals surface area contributed by atoms with Crippen LogP contribution in [0.4, 0.5) is 0 Å². The van der Waals surface area contributed by atoms with Crippen LogP contribution in [0.5, 0.6) is 5.75 Å². The maximum atomic E-state index is 9.72. The Kier molecular flexibility index (Phi) is 4.75. The molecule has 21 heavy (non-hydrogen) atoms. The SMILES string of the molecule is CC(c1ncccc1O)=[N+](Cl)OCc1ccc(C#N)cc1. The highest BCUT2D eigenvalue weighted by atomic mass is 35.5. The van der Waals surface area contributed by atoms with E-state index in [4.69, 9.17) is 21.9 Å². The van der Waals surface area contributed by atoms with Crippen LogP contribution in [-0.4, -0.2) is 20.1 Å². The summed E-state index contributed by atoms with van der Waals surface area (Å²) in [7, 11) is 0. The molecule has 1 heterocycles. The van der Waals surface area contributed by atoms with Gasteiger partial charge in [-0.05, 0) is 29.8 Å². The molecular formula is C15H13ClN3O2+. The third-order valence-electron chi connectivity index (χ3n) is 2.82. The van der Waals surface area contributed by atoms with Crippen LogP contribution in [0.1, 0.15) is 23.7 Å². The first-order chi connectivity index (χ1) is 10.1. The van der Waals surface area contributed by atoms with Crippen molar-refractivity contribution >= 4 is 17.5 Å². The van der Waals surface area contributed by atoms with Gasteiger partial charge >= 0.3 is 11.8 Å². The summed E-state index contributed by atoms with van der Waals surface area (Å²) < 4.78 is 1.04. The monoisotopic (exact) mass is 302 g/mol. The molecule has 0 radical (unpaired) electrons. The highest BCUT2D eigenvalue weighted by molar-refractivity contribution is 6.10. The maximum Gasteiger partial charge on any atom is 0.319 e. The molecular weight excluding hydrogens is 290 g/mol. The average molecular weight is 303 g/mol. The van der Waals surface area contributed by atoms with Gasteiger partial charge in [0.05, 0.1) is 15.9 Å². The van der Waals surface area contributed by atoms with Gasteiger partial charge in [0.1, 0.15) is 5.75 Å². The quantitative estimate of drug-likeness (QED) is 0.535. The largest absolute Gasteiger partial charge is 0.505 e. The lowest BCUT2D eigenvalue weighted by atomic mass is 10.2. The first kappa shape index (κ1) is 14.8. The highest BCUT2D eigenvalue weighted by Crippen LogP contribution is 2.14. The zero-order valence-corrected chi connectivity index (χ0v) is 12.1. The molecule has 0 saturated heterocycles. The fraction of sp³-hybridized carbons (Fsp3) is 0.133. The minimum Gasteiger partial charge on any atom is -0.505 e. The van der Waals surface area contributed by atoms with Gasteiger partial charge in [0.25, 0.3) is 5.71 Å². The van der Waals surface area contributed by atoms with Crippen LogP contribution in [-0.2, 0) is 11.4 Å². The van der Waals surface area contributed by atoms with Crippen LogP contribution in [0, 0.1) is 11.3 Å². The number of nitrogens with zero attached hydrogens (tertiary/aromatic N) is 3. The second-order valence-corrected chi connectivity index (χ2v) is 4.59. The zero-order chi connectivity index (χ0) is 15.2. The van der Waals surface area contributed by atoms with Gasteiger partial charge < -0.3 is 5.11 Å². The van der Waals surface area contributed by atoms with Crippen molar-refractivity contribution in [3.63, 3.8) is 0 Å². The summed E-state index contributed by atoms with van der Waals surface area (Å²) in [5.41, 5.74) is 2.29. The minimum atomic E-state index is 0.0302. The first-order valence-electron chi connectivity index (χ1n) is 6.17. The summed E-state index contributed by atoms with van der Waals surface area (Å²) in [5, 5.41) is 18.4. The third-order valence-corrected chi connectivity index (χ3v) is 3.17. The van der Waals surface area contributed by atoms with Crippen LogP contribution < -0.4 is 0 Å². The number of aromatic hydroxyl groups is 1. The number of halogens is 1. The molecule has 6 heteroatoms. The molecule has 5 nitrogen and oxygen atoms in total. The van der Waals surface area contributed by atoms with E-state index in [1.807, 2.05) is 6.07 Å². The fourth-order valence-electron chi connectivity index (χ4n) is 1.66. The first-order valence-corrected chi connectivity index (χ1v) is 6.51. The Hall–Kier alpha value is -2.58. The predicted molar refractivity (Wildman–Crippen MR) is 77.7 cm³/mol. The van der Waals surface area contributed by atoms with Gasteiger partial charge in [-0.15, -0.1) is 0 Å². The Morgan fingerprint density at radius 3 is 2.71 bits per heavy atom. The number of rotatable bonds is 4. The third kappa shape index (κ3) is 3.71. The van der Waals surface area contributed by atoms with Crippen LogP contribution >= 0.6 is 11.8 Å². The van der Waals surface area contributed by atoms with Crippen molar-refractivity contribution in [2.75, 3.05) is 0 Å². The molecule has 1 aromatic heterocycles. The number of benzene rings is 1. The molecule has 0 aliphatic rings. The Morgan fingerprint density at radius 1 is 1.38 bits per heavy atom. The number of hydrogen-bond donors (Lipinski definition) is 1. The summed E-state index contributed by atoms with van der Waals surface area (Å²) in [6.07, 6.45) is 1.56. The molecule has 0 amide bonds. The van der Waals surface area contributed by atoms with Crippen LogP contribution in [0.25, 0.3) is 0 Å². The predicted octanol–water partition coefficient (Wildman–Crippen LogP) is 2.77. The molecule has 0 atom stereocenters. The van der Waals surface area contributed by atoms with Crippen LogP contribution in [0.2, 0.25) is 0 Å². The smallest absolute Gasteiger partial charge is 0.319 e. The lowest BCUT2D eigenvalue weighted by Gasteiger charge is -2.01. The molecule has 0 saturated carbocycles. The van der Waals surface area contributed by atoms with Crippen LogP contribution in [0.15, 0.2) is 42.6 Å². The zero-order valence-electron chi connectivity index (χ0n) is 11.3. The van der Waals surface area contributed by atoms with Crippen molar-refractivity contribution in [2.24, 2.45) is 0 Å². The van der Waals surface area contributed by atoms with Gasteiger partial charge in [0, 0.05) is 13.1 Å². The van der Waals surface area contributed by atoms with Crippen molar-refractivity contribution in [1.82, 2.24) is 4.98 Å². The lowest BCUT2D eigenvalue weighted by molar-refractivity contribution is -0.688. The molecule has 0 spiro atoms. The van der Waals surface area contributed by atoms with Gasteiger partial charge in [-0.25, -0.2) is 4.98 Å². The number of hydrogen-bond acceptors (Lipinski definition) is 4. The molecule has 106 valence electrons. The van der Waals surface area contributed by atoms with E-state index in [-0.39, 0.29) is 12.4 Å². The molecule has 1 N–H and O–H groups in total. The number of pyridine rings is 1. The van der Waals surface area contributed by atoms with E-state index in [9.17, 15) is 5.11 Å². The highest BCUT2D eigenvalue weighted by Gasteiger charge is 2.18. The van der Waals surface area contributed by atoms with Crippen molar-refractivity contribution in [3.05, 3.63) is 59.4 Å². The minimum absolute atomic E-state index is 0.0302. The van der Waals surface area contributed by atoms with Gasteiger partial charge in [0.2, 0.25) is 0 Å². The Labute approximate surface area is 127 Å². The molecule has 2 aromatic rings. The van der Waals surface area contributed by atoms with Gasteiger partial charge in [0.15, 0.2) is 12.3 Å². The molecule has 2 rings (SSSR count). The normalized spacial score (nSPS) is 11.5. The Balaban J connectivity index is 2.10. The maximum absolute atomic E-state index is 9.72. The van der Waals surface area contributed by atoms with Crippen molar-refractivity contribution < 1.29 is 14.2 Å². The van der Waals surface area contributed by atoms with E-state index in [1.54, 1.807) is 43.5 Å². The second-order valence-electron chi connectivity index (χ2n) is 4.28. The van der Waals surface area contributed by atoms with Gasteiger partial charge in [-0.3, -0.25) is 4.84 Å². The molecule has 0 aliphatic heterocycles. The van der Waals surface area contributed by atoms with E-state index < -0.39 is 0 Å².